The highest BCUT2D eigenvalue weighted by Crippen LogP contribution is 2.35. The number of nitrogens with one attached hydrogen (secondary N) is 2. The summed E-state index contributed by atoms with van der Waals surface area (Å²) in [5.74, 6) is -0.496. The number of phenolic OH excluding ortho intramolecular Hbond substituents is 1. The van der Waals surface area contributed by atoms with Gasteiger partial charge in [-0.3, -0.25) is 9.59 Å². The summed E-state index contributed by atoms with van der Waals surface area (Å²) in [6, 6.07) is 6.34. The number of hydrogen-bond donors (Lipinski definition) is 3. The number of alkyl halides is 2. The van der Waals surface area contributed by atoms with E-state index in [1.54, 1.807) is 6.07 Å². The Morgan fingerprint density at radius 2 is 1.29 bits per heavy atom. The molecule has 2 aromatic carbocycles. The number of aromatic hydroxyl groups is 1. The van der Waals surface area contributed by atoms with E-state index in [0.717, 1.165) is 25.7 Å². The number of benzene rings is 2. The predicted molar refractivity (Wildman–Crippen MR) is 131 cm³/mol. The smallest absolute Gasteiger partial charge is 0.387 e. The molecule has 12 heteroatoms. The fourth-order valence-electron chi connectivity index (χ4n) is 3.06. The van der Waals surface area contributed by atoms with Gasteiger partial charge in [0, 0.05) is 21.0 Å². The van der Waals surface area contributed by atoms with E-state index in [9.17, 15) is 23.5 Å². The van der Waals surface area contributed by atoms with Crippen molar-refractivity contribution in [3.8, 4) is 23.0 Å². The molecule has 0 aliphatic heterocycles. The van der Waals surface area contributed by atoms with Gasteiger partial charge in [-0.05, 0) is 49.9 Å². The van der Waals surface area contributed by atoms with E-state index in [4.69, 9.17) is 9.47 Å². The number of carbonyl (C=O) groups is 2. The van der Waals surface area contributed by atoms with Crippen molar-refractivity contribution in [3.63, 3.8) is 0 Å². The highest BCUT2D eigenvalue weighted by Gasteiger charge is 2.29. The molecule has 0 atom stereocenters. The first-order chi connectivity index (χ1) is 16.6. The molecule has 0 heterocycles. The van der Waals surface area contributed by atoms with Gasteiger partial charge in [0.2, 0.25) is 0 Å². The number of carbonyl (C=O) groups excluding carboxylic acids is 2. The lowest BCUT2D eigenvalue weighted by Gasteiger charge is -2.14. The fourth-order valence-corrected chi connectivity index (χ4v) is 3.90. The monoisotopic (exact) mass is 620 g/mol. The van der Waals surface area contributed by atoms with Gasteiger partial charge in [-0.2, -0.15) is 8.78 Å². The minimum atomic E-state index is -3.01. The highest BCUT2D eigenvalue weighted by molar-refractivity contribution is 9.10. The molecule has 0 radical (unpaired) electrons. The molecule has 2 saturated carbocycles. The molecule has 3 N–H and O–H groups in total. The van der Waals surface area contributed by atoms with Gasteiger partial charge >= 0.3 is 6.61 Å². The van der Waals surface area contributed by atoms with Crippen LogP contribution < -0.4 is 24.8 Å². The topological polar surface area (TPSA) is 106 Å². The Hall–Kier alpha value is -2.60. The number of halogens is 4. The molecule has 0 spiro atoms. The summed E-state index contributed by atoms with van der Waals surface area (Å²) in [4.78, 5) is 23.9. The quantitative estimate of drug-likeness (QED) is 0.383. The number of phenols is 1. The van der Waals surface area contributed by atoms with E-state index in [1.165, 1.54) is 32.4 Å². The zero-order valence-corrected chi connectivity index (χ0v) is 22.0. The van der Waals surface area contributed by atoms with Crippen LogP contribution in [0.1, 0.15) is 46.4 Å². The van der Waals surface area contributed by atoms with Gasteiger partial charge in [0.25, 0.3) is 11.8 Å². The number of methoxy groups -OCH3 is 2. The standard InChI is InChI=1S/C12H12BrF2NO3.C11H12BrNO3/c1-18-8-4-6(13)5-9(19-12(14)15)10(8)11(17)16-7-2-3-7;1-16-9-5-6(12)4-8(14)10(9)11(15)13-7-2-3-7/h4-5,7,12H,2-3H2,1H3,(H,16,17);4-5,7,14H,2-3H2,1H3,(H,13,15). The maximum absolute atomic E-state index is 12.4. The first-order valence-corrected chi connectivity index (χ1v) is 12.2. The summed E-state index contributed by atoms with van der Waals surface area (Å²) in [7, 11) is 2.83. The molecule has 8 nitrogen and oxygen atoms in total. The Kier molecular flexibility index (Phi) is 9.17. The molecular formula is C23H24Br2F2N2O6. The molecule has 2 fully saturated rings. The zero-order chi connectivity index (χ0) is 25.7. The number of amides is 2. The van der Waals surface area contributed by atoms with Gasteiger partial charge in [0.05, 0.1) is 14.2 Å². The van der Waals surface area contributed by atoms with Crippen LogP contribution in [0.25, 0.3) is 0 Å². The normalized spacial score (nSPS) is 14.5. The summed E-state index contributed by atoms with van der Waals surface area (Å²) in [6.45, 7) is -3.01. The van der Waals surface area contributed by atoms with Crippen molar-refractivity contribution in [2.75, 3.05) is 14.2 Å². The molecular weight excluding hydrogens is 598 g/mol. The molecule has 2 aromatic rings. The van der Waals surface area contributed by atoms with Crippen LogP contribution >= 0.6 is 31.9 Å². The van der Waals surface area contributed by atoms with Crippen LogP contribution in [-0.2, 0) is 0 Å². The largest absolute Gasteiger partial charge is 0.507 e. The Bertz CT molecular complexity index is 1090. The van der Waals surface area contributed by atoms with E-state index in [1.807, 2.05) is 0 Å². The molecule has 2 aliphatic rings. The number of hydrogen-bond acceptors (Lipinski definition) is 6. The van der Waals surface area contributed by atoms with Crippen LogP contribution in [0.2, 0.25) is 0 Å². The number of rotatable bonds is 8. The van der Waals surface area contributed by atoms with E-state index in [0.29, 0.717) is 14.7 Å². The maximum Gasteiger partial charge on any atom is 0.387 e. The van der Waals surface area contributed by atoms with Crippen LogP contribution in [0.15, 0.2) is 33.2 Å². The minimum Gasteiger partial charge on any atom is -0.507 e. The molecule has 0 aromatic heterocycles. The fraction of sp³-hybridized carbons (Fsp3) is 0.391. The summed E-state index contributed by atoms with van der Waals surface area (Å²) in [5.41, 5.74) is 0.176. The Labute approximate surface area is 217 Å². The summed E-state index contributed by atoms with van der Waals surface area (Å²) < 4.78 is 40.5. The molecule has 35 heavy (non-hydrogen) atoms. The van der Waals surface area contributed by atoms with Crippen molar-refractivity contribution in [2.24, 2.45) is 0 Å². The SMILES string of the molecule is COc1cc(Br)cc(O)c1C(=O)NC1CC1.COc1cc(Br)cc(OC(F)F)c1C(=O)NC1CC1. The third-order valence-electron chi connectivity index (χ3n) is 5.01. The second-order valence-corrected chi connectivity index (χ2v) is 9.69. The van der Waals surface area contributed by atoms with E-state index >= 15 is 0 Å². The lowest BCUT2D eigenvalue weighted by Crippen LogP contribution is -2.26. The molecule has 2 amide bonds. The van der Waals surface area contributed by atoms with Gasteiger partial charge in [-0.25, -0.2) is 0 Å². The second kappa shape index (κ2) is 11.9. The third kappa shape index (κ3) is 7.69. The van der Waals surface area contributed by atoms with Crippen molar-refractivity contribution < 1.29 is 37.7 Å². The van der Waals surface area contributed by atoms with E-state index in [-0.39, 0.29) is 46.4 Å². The first-order valence-electron chi connectivity index (χ1n) is 10.6. The van der Waals surface area contributed by atoms with Gasteiger partial charge in [-0.1, -0.05) is 31.9 Å². The highest BCUT2D eigenvalue weighted by atomic mass is 79.9. The van der Waals surface area contributed by atoms with Crippen molar-refractivity contribution in [2.45, 2.75) is 44.4 Å². The van der Waals surface area contributed by atoms with Crippen LogP contribution in [0.3, 0.4) is 0 Å². The van der Waals surface area contributed by atoms with Crippen molar-refractivity contribution in [3.05, 3.63) is 44.3 Å². The van der Waals surface area contributed by atoms with Crippen LogP contribution in [-0.4, -0.2) is 49.8 Å². The van der Waals surface area contributed by atoms with E-state index in [2.05, 4.69) is 47.2 Å². The van der Waals surface area contributed by atoms with Crippen molar-refractivity contribution in [1.29, 1.82) is 0 Å². The number of ether oxygens (including phenoxy) is 3. The lowest BCUT2D eigenvalue weighted by atomic mass is 10.1. The van der Waals surface area contributed by atoms with Gasteiger partial charge in [0.1, 0.15) is 34.1 Å². The summed E-state index contributed by atoms with van der Waals surface area (Å²) in [6.07, 6.45) is 3.81. The van der Waals surface area contributed by atoms with Crippen LogP contribution in [0, 0.1) is 0 Å². The second-order valence-electron chi connectivity index (χ2n) is 7.86. The molecule has 0 bridgehead atoms. The van der Waals surface area contributed by atoms with Crippen molar-refractivity contribution in [1.82, 2.24) is 10.6 Å². The Morgan fingerprint density at radius 1 is 0.857 bits per heavy atom. The predicted octanol–water partition coefficient (Wildman–Crippen LogP) is 5.01. The minimum absolute atomic E-state index is 0.0158. The lowest BCUT2D eigenvalue weighted by molar-refractivity contribution is -0.0503. The Morgan fingerprint density at radius 3 is 1.74 bits per heavy atom. The van der Waals surface area contributed by atoms with Crippen LogP contribution in [0.4, 0.5) is 8.78 Å². The average molecular weight is 622 g/mol. The average Bonchev–Trinajstić information content (AvgIpc) is 3.70. The molecule has 0 saturated heterocycles. The first kappa shape index (κ1) is 27.0. The third-order valence-corrected chi connectivity index (χ3v) is 5.93. The molecule has 0 unspecified atom stereocenters. The van der Waals surface area contributed by atoms with Gasteiger partial charge < -0.3 is 30.0 Å². The molecule has 2 aliphatic carbocycles. The Balaban J connectivity index is 0.000000198. The molecule has 4 rings (SSSR count). The van der Waals surface area contributed by atoms with E-state index < -0.39 is 12.5 Å². The van der Waals surface area contributed by atoms with Gasteiger partial charge in [-0.15, -0.1) is 0 Å². The van der Waals surface area contributed by atoms with Crippen molar-refractivity contribution >= 4 is 43.7 Å². The summed E-state index contributed by atoms with van der Waals surface area (Å²) in [5, 5.41) is 15.3. The summed E-state index contributed by atoms with van der Waals surface area (Å²) >= 11 is 6.38. The maximum atomic E-state index is 12.4. The van der Waals surface area contributed by atoms with Gasteiger partial charge in [0.15, 0.2) is 0 Å². The zero-order valence-electron chi connectivity index (χ0n) is 18.9. The molecule has 190 valence electrons. The van der Waals surface area contributed by atoms with Crippen LogP contribution in [0.5, 0.6) is 23.0 Å².